The molecule has 0 atom stereocenters. The molecule has 0 unspecified atom stereocenters. The van der Waals surface area contributed by atoms with Gasteiger partial charge in [-0.2, -0.15) is 0 Å². The van der Waals surface area contributed by atoms with E-state index < -0.39 is 16.0 Å². The van der Waals surface area contributed by atoms with Crippen molar-refractivity contribution in [2.75, 3.05) is 23.7 Å². The van der Waals surface area contributed by atoms with Crippen molar-refractivity contribution in [2.24, 2.45) is 0 Å². The first kappa shape index (κ1) is 17.3. The van der Waals surface area contributed by atoms with Crippen molar-refractivity contribution in [3.8, 4) is 5.75 Å². The lowest BCUT2D eigenvalue weighted by Gasteiger charge is -2.10. The maximum absolute atomic E-state index is 11.8. The first-order chi connectivity index (χ1) is 9.96. The maximum atomic E-state index is 11.8. The minimum Gasteiger partial charge on any atom is -0.482 e. The third-order valence-electron chi connectivity index (χ3n) is 2.54. The molecule has 0 aliphatic carbocycles. The van der Waals surface area contributed by atoms with Gasteiger partial charge >= 0.3 is 5.97 Å². The molecule has 0 bridgehead atoms. The van der Waals surface area contributed by atoms with Gasteiger partial charge in [-0.3, -0.25) is 4.72 Å². The number of nitrogens with one attached hydrogen (secondary N) is 1. The molecule has 0 aliphatic rings. The molecule has 0 radical (unpaired) electrons. The summed E-state index contributed by atoms with van der Waals surface area (Å²) >= 11 is 0. The largest absolute Gasteiger partial charge is 0.482 e. The number of esters is 1. The van der Waals surface area contributed by atoms with Crippen molar-refractivity contribution in [3.63, 3.8) is 0 Å². The van der Waals surface area contributed by atoms with Crippen LogP contribution in [-0.4, -0.2) is 33.4 Å². The molecule has 21 heavy (non-hydrogen) atoms. The zero-order valence-corrected chi connectivity index (χ0v) is 13.1. The van der Waals surface area contributed by atoms with E-state index in [0.29, 0.717) is 24.5 Å². The van der Waals surface area contributed by atoms with Gasteiger partial charge in [0.2, 0.25) is 10.0 Å². The van der Waals surface area contributed by atoms with E-state index >= 15 is 0 Å². The van der Waals surface area contributed by atoms with E-state index in [1.807, 2.05) is 6.92 Å². The number of ether oxygens (including phenoxy) is 2. The van der Waals surface area contributed by atoms with Crippen LogP contribution in [0.15, 0.2) is 24.3 Å². The summed E-state index contributed by atoms with van der Waals surface area (Å²) in [5.41, 5.74) is 0.410. The lowest BCUT2D eigenvalue weighted by atomic mass is 10.3. The average molecular weight is 315 g/mol. The molecule has 0 aromatic heterocycles. The molecule has 1 N–H and O–H groups in total. The Kier molecular flexibility index (Phi) is 7.01. The summed E-state index contributed by atoms with van der Waals surface area (Å²) in [7, 11) is -3.35. The topological polar surface area (TPSA) is 81.7 Å². The van der Waals surface area contributed by atoms with Crippen LogP contribution in [0.25, 0.3) is 0 Å². The van der Waals surface area contributed by atoms with Gasteiger partial charge in [-0.25, -0.2) is 13.2 Å². The number of carbonyl (C=O) groups excluding carboxylic acids is 1. The lowest BCUT2D eigenvalue weighted by molar-refractivity contribution is -0.145. The number of sulfonamides is 1. The summed E-state index contributed by atoms with van der Waals surface area (Å²) in [5, 5.41) is 0. The normalized spacial score (nSPS) is 11.0. The fourth-order valence-electron chi connectivity index (χ4n) is 1.56. The van der Waals surface area contributed by atoms with E-state index in [1.54, 1.807) is 25.1 Å². The highest BCUT2D eigenvalue weighted by Crippen LogP contribution is 2.18. The van der Waals surface area contributed by atoms with Crippen LogP contribution < -0.4 is 9.46 Å². The van der Waals surface area contributed by atoms with Gasteiger partial charge in [0.25, 0.3) is 0 Å². The Labute approximate surface area is 125 Å². The summed E-state index contributed by atoms with van der Waals surface area (Å²) in [4.78, 5) is 11.2. The predicted molar refractivity (Wildman–Crippen MR) is 80.9 cm³/mol. The Morgan fingerprint density at radius 1 is 1.29 bits per heavy atom. The van der Waals surface area contributed by atoms with Gasteiger partial charge in [-0.05, 0) is 25.5 Å². The molecule has 1 aromatic rings. The molecule has 7 heteroatoms. The quantitative estimate of drug-likeness (QED) is 0.706. The van der Waals surface area contributed by atoms with Gasteiger partial charge in [0.05, 0.1) is 18.0 Å². The van der Waals surface area contributed by atoms with Crippen LogP contribution >= 0.6 is 0 Å². The number of hydrogen-bond donors (Lipinski definition) is 1. The second-order valence-corrected chi connectivity index (χ2v) is 6.24. The van der Waals surface area contributed by atoms with Gasteiger partial charge < -0.3 is 9.47 Å². The summed E-state index contributed by atoms with van der Waals surface area (Å²) < 4.78 is 36.1. The number of carbonyl (C=O) groups is 1. The Bertz CT molecular complexity index is 556. The van der Waals surface area contributed by atoms with Crippen molar-refractivity contribution in [1.29, 1.82) is 0 Å². The first-order valence-corrected chi connectivity index (χ1v) is 8.51. The molecular weight excluding hydrogens is 294 g/mol. The summed E-state index contributed by atoms with van der Waals surface area (Å²) in [6.45, 7) is 3.72. The summed E-state index contributed by atoms with van der Waals surface area (Å²) in [5.74, 6) is 0.0161. The molecular formula is C14H21NO5S. The van der Waals surface area contributed by atoms with Crippen LogP contribution in [0.1, 0.15) is 26.7 Å². The molecule has 0 spiro atoms. The minimum absolute atomic E-state index is 0.0808. The van der Waals surface area contributed by atoms with Crippen LogP contribution in [0.3, 0.4) is 0 Å². The highest BCUT2D eigenvalue weighted by atomic mass is 32.2. The van der Waals surface area contributed by atoms with Crippen LogP contribution in [0.5, 0.6) is 5.75 Å². The van der Waals surface area contributed by atoms with Gasteiger partial charge in [-0.1, -0.05) is 19.4 Å². The van der Waals surface area contributed by atoms with Crippen LogP contribution in [0.2, 0.25) is 0 Å². The van der Waals surface area contributed by atoms with Crippen molar-refractivity contribution < 1.29 is 22.7 Å². The van der Waals surface area contributed by atoms with Crippen molar-refractivity contribution in [3.05, 3.63) is 24.3 Å². The second kappa shape index (κ2) is 8.51. The van der Waals surface area contributed by atoms with Gasteiger partial charge in [0.1, 0.15) is 5.75 Å². The minimum atomic E-state index is -3.35. The van der Waals surface area contributed by atoms with E-state index in [-0.39, 0.29) is 12.4 Å². The van der Waals surface area contributed by atoms with Gasteiger partial charge in [0.15, 0.2) is 6.61 Å². The fourth-order valence-corrected chi connectivity index (χ4v) is 2.82. The molecule has 0 amide bonds. The molecule has 1 aromatic carbocycles. The average Bonchev–Trinajstić information content (AvgIpc) is 2.43. The SMILES string of the molecule is CCCCS(=O)(=O)Nc1cccc(OCC(=O)OCC)c1. The third kappa shape index (κ3) is 6.99. The Hall–Kier alpha value is -1.76. The Morgan fingerprint density at radius 2 is 2.05 bits per heavy atom. The molecule has 0 fully saturated rings. The van der Waals surface area contributed by atoms with Gasteiger partial charge in [0, 0.05) is 6.07 Å². The van der Waals surface area contributed by atoms with Crippen molar-refractivity contribution in [1.82, 2.24) is 0 Å². The molecule has 0 saturated heterocycles. The van der Waals surface area contributed by atoms with Crippen molar-refractivity contribution in [2.45, 2.75) is 26.7 Å². The molecule has 0 saturated carbocycles. The molecule has 118 valence electrons. The van der Waals surface area contributed by atoms with Crippen LogP contribution in [0, 0.1) is 0 Å². The Balaban J connectivity index is 2.62. The third-order valence-corrected chi connectivity index (χ3v) is 3.91. The van der Waals surface area contributed by atoms with E-state index in [4.69, 9.17) is 9.47 Å². The molecule has 0 heterocycles. The zero-order chi connectivity index (χ0) is 15.7. The molecule has 1 rings (SSSR count). The lowest BCUT2D eigenvalue weighted by Crippen LogP contribution is -2.17. The number of anilines is 1. The number of rotatable bonds is 9. The van der Waals surface area contributed by atoms with Crippen LogP contribution in [-0.2, 0) is 19.6 Å². The predicted octanol–water partition coefficient (Wildman–Crippen LogP) is 2.17. The van der Waals surface area contributed by atoms with Gasteiger partial charge in [-0.15, -0.1) is 0 Å². The first-order valence-electron chi connectivity index (χ1n) is 6.85. The van der Waals surface area contributed by atoms with E-state index in [1.165, 1.54) is 6.07 Å². The number of unbranched alkanes of at least 4 members (excludes halogenated alkanes) is 1. The number of hydrogen-bond acceptors (Lipinski definition) is 5. The standard InChI is InChI=1S/C14H21NO5S/c1-3-5-9-21(17,18)15-12-7-6-8-13(10-12)20-11-14(16)19-4-2/h6-8,10,15H,3-5,9,11H2,1-2H3. The zero-order valence-electron chi connectivity index (χ0n) is 12.3. The second-order valence-electron chi connectivity index (χ2n) is 4.40. The maximum Gasteiger partial charge on any atom is 0.344 e. The van der Waals surface area contributed by atoms with E-state index in [0.717, 1.165) is 6.42 Å². The highest BCUT2D eigenvalue weighted by molar-refractivity contribution is 7.92. The summed E-state index contributed by atoms with van der Waals surface area (Å²) in [6.07, 6.45) is 1.41. The molecule has 6 nitrogen and oxygen atoms in total. The smallest absolute Gasteiger partial charge is 0.344 e. The van der Waals surface area contributed by atoms with Crippen LogP contribution in [0.4, 0.5) is 5.69 Å². The van der Waals surface area contributed by atoms with Crippen molar-refractivity contribution >= 4 is 21.7 Å². The van der Waals surface area contributed by atoms with E-state index in [2.05, 4.69) is 4.72 Å². The summed E-state index contributed by atoms with van der Waals surface area (Å²) in [6, 6.07) is 6.45. The highest BCUT2D eigenvalue weighted by Gasteiger charge is 2.10. The molecule has 0 aliphatic heterocycles. The fraction of sp³-hybridized carbons (Fsp3) is 0.500. The van der Waals surface area contributed by atoms with E-state index in [9.17, 15) is 13.2 Å². The number of benzene rings is 1. The Morgan fingerprint density at radius 3 is 2.71 bits per heavy atom. The monoisotopic (exact) mass is 315 g/mol.